The first-order valence-electron chi connectivity index (χ1n) is 10.6. The Balaban J connectivity index is 1.59. The molecular formula is C26H26N3O2+. The predicted octanol–water partition coefficient (Wildman–Crippen LogP) is 4.93. The second-order valence-corrected chi connectivity index (χ2v) is 7.59. The van der Waals surface area contributed by atoms with Gasteiger partial charge in [-0.25, -0.2) is 9.13 Å². The zero-order chi connectivity index (χ0) is 21.2. The van der Waals surface area contributed by atoms with Gasteiger partial charge in [0.05, 0.1) is 32.9 Å². The van der Waals surface area contributed by atoms with Crippen LogP contribution in [-0.2, 0) is 6.54 Å². The summed E-state index contributed by atoms with van der Waals surface area (Å²) in [6, 6.07) is 24.9. The van der Waals surface area contributed by atoms with E-state index in [1.807, 2.05) is 30.3 Å². The number of methoxy groups -OCH3 is 2. The van der Waals surface area contributed by atoms with E-state index in [1.54, 1.807) is 14.2 Å². The Kier molecular flexibility index (Phi) is 5.08. The Morgan fingerprint density at radius 3 is 2.16 bits per heavy atom. The van der Waals surface area contributed by atoms with Crippen LogP contribution < -0.4 is 19.4 Å². The van der Waals surface area contributed by atoms with Gasteiger partial charge in [-0.3, -0.25) is 5.32 Å². The first kappa shape index (κ1) is 19.2. The highest BCUT2D eigenvalue weighted by Crippen LogP contribution is 2.33. The average Bonchev–Trinajstić information content (AvgIpc) is 3.23. The minimum atomic E-state index is 0.879. The van der Waals surface area contributed by atoms with Crippen molar-refractivity contribution in [1.29, 1.82) is 0 Å². The SMILES string of the molecule is COc1ccccc1-c1ccc(-n2cc(-c3ccccc3OC)[n+]3c2NCCC3)cc1. The van der Waals surface area contributed by atoms with Crippen LogP contribution in [0.4, 0.5) is 5.95 Å². The van der Waals surface area contributed by atoms with Crippen LogP contribution >= 0.6 is 0 Å². The predicted molar refractivity (Wildman–Crippen MR) is 123 cm³/mol. The molecule has 1 aliphatic heterocycles. The van der Waals surface area contributed by atoms with Gasteiger partial charge in [0.1, 0.15) is 29.1 Å². The average molecular weight is 413 g/mol. The number of fused-ring (bicyclic) bond motifs is 1. The second-order valence-electron chi connectivity index (χ2n) is 7.59. The standard InChI is InChI=1S/C26H25N3O2/c1-30-24-10-5-3-8-21(24)19-12-14-20(15-13-19)29-18-23(28-17-7-16-27-26(28)29)22-9-4-6-11-25(22)31-2/h3-6,8-15,18H,7,16-17H2,1-2H3/p+1. The Labute approximate surface area is 182 Å². The zero-order valence-electron chi connectivity index (χ0n) is 17.8. The van der Waals surface area contributed by atoms with Gasteiger partial charge in [0.2, 0.25) is 0 Å². The minimum absolute atomic E-state index is 0.879. The third-order valence-corrected chi connectivity index (χ3v) is 5.81. The van der Waals surface area contributed by atoms with Crippen LogP contribution in [-0.4, -0.2) is 25.3 Å². The maximum absolute atomic E-state index is 5.64. The Hall–Kier alpha value is -3.73. The third-order valence-electron chi connectivity index (χ3n) is 5.81. The summed E-state index contributed by atoms with van der Waals surface area (Å²) in [6.07, 6.45) is 3.29. The molecule has 0 spiro atoms. The molecule has 0 unspecified atom stereocenters. The van der Waals surface area contributed by atoms with E-state index in [2.05, 4.69) is 63.1 Å². The van der Waals surface area contributed by atoms with E-state index < -0.39 is 0 Å². The number of anilines is 1. The smallest absolute Gasteiger partial charge is 0.362 e. The number of imidazole rings is 1. The van der Waals surface area contributed by atoms with Gasteiger partial charge in [0.15, 0.2) is 0 Å². The molecular weight excluding hydrogens is 386 g/mol. The summed E-state index contributed by atoms with van der Waals surface area (Å²) >= 11 is 0. The van der Waals surface area contributed by atoms with E-state index in [1.165, 1.54) is 0 Å². The number of nitrogens with zero attached hydrogens (tertiary/aromatic N) is 2. The number of nitrogens with one attached hydrogen (secondary N) is 1. The Bertz CT molecular complexity index is 1210. The van der Waals surface area contributed by atoms with Crippen LogP contribution in [0.3, 0.4) is 0 Å². The molecule has 0 saturated carbocycles. The van der Waals surface area contributed by atoms with Gasteiger partial charge in [-0.1, -0.05) is 42.5 Å². The largest absolute Gasteiger partial charge is 0.496 e. The molecule has 0 aliphatic carbocycles. The van der Waals surface area contributed by atoms with Gasteiger partial charge in [-0.05, 0) is 35.9 Å². The summed E-state index contributed by atoms with van der Waals surface area (Å²) in [5.74, 6) is 2.86. The lowest BCUT2D eigenvalue weighted by atomic mass is 10.0. The molecule has 5 nitrogen and oxygen atoms in total. The molecule has 0 radical (unpaired) electrons. The van der Waals surface area contributed by atoms with Crippen LogP contribution in [0.5, 0.6) is 11.5 Å². The highest BCUT2D eigenvalue weighted by atomic mass is 16.5. The van der Waals surface area contributed by atoms with Gasteiger partial charge in [0.25, 0.3) is 0 Å². The van der Waals surface area contributed by atoms with Gasteiger partial charge < -0.3 is 9.47 Å². The lowest BCUT2D eigenvalue weighted by Crippen LogP contribution is -2.43. The monoisotopic (exact) mass is 412 g/mol. The molecule has 5 rings (SSSR count). The molecule has 0 amide bonds. The lowest BCUT2D eigenvalue weighted by molar-refractivity contribution is -0.675. The summed E-state index contributed by atoms with van der Waals surface area (Å²) in [5, 5.41) is 3.59. The molecule has 0 bridgehead atoms. The first-order valence-corrected chi connectivity index (χ1v) is 10.6. The lowest BCUT2D eigenvalue weighted by Gasteiger charge is -2.14. The molecule has 4 aromatic rings. The van der Waals surface area contributed by atoms with Crippen LogP contribution in [0.2, 0.25) is 0 Å². The van der Waals surface area contributed by atoms with E-state index in [9.17, 15) is 0 Å². The number of para-hydroxylation sites is 2. The normalized spacial score (nSPS) is 12.7. The molecule has 156 valence electrons. The van der Waals surface area contributed by atoms with E-state index in [-0.39, 0.29) is 0 Å². The number of rotatable bonds is 5. The van der Waals surface area contributed by atoms with E-state index in [0.717, 1.165) is 65.0 Å². The van der Waals surface area contributed by atoms with Crippen molar-refractivity contribution in [3.05, 3.63) is 79.0 Å². The summed E-state index contributed by atoms with van der Waals surface area (Å²) in [4.78, 5) is 0. The Morgan fingerprint density at radius 2 is 1.45 bits per heavy atom. The number of hydrogen-bond donors (Lipinski definition) is 1. The van der Waals surface area contributed by atoms with Crippen molar-refractivity contribution in [3.8, 4) is 39.6 Å². The highest BCUT2D eigenvalue weighted by molar-refractivity contribution is 5.71. The number of hydrogen-bond acceptors (Lipinski definition) is 3. The van der Waals surface area contributed by atoms with Crippen molar-refractivity contribution >= 4 is 5.95 Å². The first-order chi connectivity index (χ1) is 15.3. The van der Waals surface area contributed by atoms with Gasteiger partial charge in [0, 0.05) is 12.0 Å². The summed E-state index contributed by atoms with van der Waals surface area (Å²) in [5.41, 5.74) is 5.58. The molecule has 31 heavy (non-hydrogen) atoms. The number of benzene rings is 3. The minimum Gasteiger partial charge on any atom is -0.496 e. The number of aromatic nitrogens is 2. The fourth-order valence-corrected chi connectivity index (χ4v) is 4.29. The van der Waals surface area contributed by atoms with Gasteiger partial charge >= 0.3 is 5.95 Å². The van der Waals surface area contributed by atoms with Crippen molar-refractivity contribution in [1.82, 2.24) is 4.57 Å². The Morgan fingerprint density at radius 1 is 0.806 bits per heavy atom. The fraction of sp³-hybridized carbons (Fsp3) is 0.192. The molecule has 2 heterocycles. The van der Waals surface area contributed by atoms with Crippen LogP contribution in [0.1, 0.15) is 6.42 Å². The second kappa shape index (κ2) is 8.19. The molecule has 1 aliphatic rings. The van der Waals surface area contributed by atoms with Crippen molar-refractivity contribution in [3.63, 3.8) is 0 Å². The van der Waals surface area contributed by atoms with Crippen molar-refractivity contribution in [2.45, 2.75) is 13.0 Å². The molecule has 0 fully saturated rings. The maximum atomic E-state index is 5.64. The van der Waals surface area contributed by atoms with E-state index >= 15 is 0 Å². The molecule has 1 aromatic heterocycles. The quantitative estimate of drug-likeness (QED) is 0.473. The van der Waals surface area contributed by atoms with Crippen LogP contribution in [0.15, 0.2) is 79.0 Å². The molecule has 1 N–H and O–H groups in total. The van der Waals surface area contributed by atoms with E-state index in [4.69, 9.17) is 9.47 Å². The van der Waals surface area contributed by atoms with Gasteiger partial charge in [-0.2, -0.15) is 0 Å². The topological polar surface area (TPSA) is 39.3 Å². The van der Waals surface area contributed by atoms with Crippen molar-refractivity contribution in [2.24, 2.45) is 0 Å². The summed E-state index contributed by atoms with van der Waals surface area (Å²) in [6.45, 7) is 1.94. The summed E-state index contributed by atoms with van der Waals surface area (Å²) < 4.78 is 15.7. The summed E-state index contributed by atoms with van der Waals surface area (Å²) in [7, 11) is 3.43. The third kappa shape index (κ3) is 3.42. The van der Waals surface area contributed by atoms with Crippen molar-refractivity contribution in [2.75, 3.05) is 26.1 Å². The molecule has 0 saturated heterocycles. The van der Waals surface area contributed by atoms with Gasteiger partial charge in [-0.15, -0.1) is 0 Å². The van der Waals surface area contributed by atoms with Crippen LogP contribution in [0, 0.1) is 0 Å². The molecule has 5 heteroatoms. The van der Waals surface area contributed by atoms with Crippen LogP contribution in [0.25, 0.3) is 28.1 Å². The molecule has 0 atom stereocenters. The zero-order valence-corrected chi connectivity index (χ0v) is 17.8. The highest BCUT2D eigenvalue weighted by Gasteiger charge is 2.28. The molecule has 3 aromatic carbocycles. The van der Waals surface area contributed by atoms with E-state index in [0.29, 0.717) is 0 Å². The van der Waals surface area contributed by atoms with Crippen molar-refractivity contribution < 1.29 is 14.0 Å². The fourth-order valence-electron chi connectivity index (χ4n) is 4.29. The number of ether oxygens (including phenoxy) is 2. The maximum Gasteiger partial charge on any atom is 0.362 e.